The van der Waals surface area contributed by atoms with E-state index in [-0.39, 0.29) is 13.0 Å². The van der Waals surface area contributed by atoms with Gasteiger partial charge in [-0.3, -0.25) is 47.4 Å². The average Bonchev–Trinajstić information content (AvgIpc) is 3.50. The fourth-order valence-electron chi connectivity index (χ4n) is 6.45. The summed E-state index contributed by atoms with van der Waals surface area (Å²) in [7, 11) is -11.7. The van der Waals surface area contributed by atoms with E-state index in [9.17, 15) is 87.9 Å². The fourth-order valence-corrected chi connectivity index (χ4v) is 8.62. The van der Waals surface area contributed by atoms with E-state index < -0.39 is 168 Å². The predicted octanol–water partition coefficient (Wildman–Crippen LogP) is -5.68. The van der Waals surface area contributed by atoms with Crippen molar-refractivity contribution in [2.24, 2.45) is 5.73 Å². The zero-order valence-electron chi connectivity index (χ0n) is 35.8. The molecule has 0 saturated carbocycles. The van der Waals surface area contributed by atoms with Crippen molar-refractivity contribution in [1.29, 1.82) is 0 Å². The van der Waals surface area contributed by atoms with Gasteiger partial charge < -0.3 is 81.6 Å². The lowest BCUT2D eigenvalue weighted by atomic mass is 9.96. The molecule has 67 heavy (non-hydrogen) atoms. The minimum atomic E-state index is -5.92. The summed E-state index contributed by atoms with van der Waals surface area (Å²) in [6, 6.07) is -5.54. The van der Waals surface area contributed by atoms with Gasteiger partial charge in [0, 0.05) is 25.6 Å². The molecule has 0 aromatic carbocycles. The highest BCUT2D eigenvalue weighted by molar-refractivity contribution is 7.61. The normalized spacial score (nSPS) is 27.5. The summed E-state index contributed by atoms with van der Waals surface area (Å²) in [6.07, 6.45) is -16.3. The maximum atomic E-state index is 13.3. The van der Waals surface area contributed by atoms with Crippen LogP contribution in [0.15, 0.2) is 21.9 Å². The lowest BCUT2D eigenvalue weighted by Gasteiger charge is -2.44. The number of aliphatic carboxylic acids is 2. The molecule has 1 aromatic rings. The van der Waals surface area contributed by atoms with Gasteiger partial charge in [-0.25, -0.2) is 18.7 Å². The standard InChI is InChI=1S/C34H55N7O24P2/c1-14(28(50)38-17(7-8-22(45)46)30(52)39-18(32(53)54)6-4-5-10-35)36-29(51)15(2)61-27-23(37-16(3)43)33(63-19(12-42)25(27)48)64-67(58,59)65-66(56,57)60-13-20-24(47)26(49)31(62-20)41-11-9-21(44)40-34(41)55/h9,11,14-15,17-20,23-27,31,33,42,47-49H,4-8,10,12-13,35H2,1-3H3,(H,36,51)(H,37,43)(H,38,50)(H,39,52)(H,45,46)(H,53,54)(H,56,57)(H,58,59)(H,40,44,55)/t14-,15+,17+,18-,19+,20+,23+,24+,25+,26+,27+,31+,33+/m0/s1. The number of nitrogens with zero attached hydrogens (tertiary/aromatic N) is 1. The van der Waals surface area contributed by atoms with Gasteiger partial charge in [-0.05, 0) is 46.1 Å². The number of carbonyl (C=O) groups excluding carboxylic acids is 4. The molecule has 0 bridgehead atoms. The number of carboxylic acid groups (broad SMARTS) is 2. The number of rotatable bonds is 26. The Morgan fingerprint density at radius 1 is 0.881 bits per heavy atom. The molecule has 2 aliphatic rings. The molecular weight excluding hydrogens is 952 g/mol. The van der Waals surface area contributed by atoms with Gasteiger partial charge in [0.2, 0.25) is 23.6 Å². The second kappa shape index (κ2) is 25.2. The molecule has 1 aromatic heterocycles. The van der Waals surface area contributed by atoms with E-state index in [1.54, 1.807) is 0 Å². The second-order valence-electron chi connectivity index (χ2n) is 15.1. The van der Waals surface area contributed by atoms with Gasteiger partial charge >= 0.3 is 33.3 Å². The predicted molar refractivity (Wildman–Crippen MR) is 218 cm³/mol. The molecule has 0 aliphatic carbocycles. The maximum absolute atomic E-state index is 13.3. The molecule has 3 heterocycles. The highest BCUT2D eigenvalue weighted by atomic mass is 31.3. The van der Waals surface area contributed by atoms with Crippen molar-refractivity contribution in [3.8, 4) is 0 Å². The fraction of sp³-hybridized carbons (Fsp3) is 0.706. The Labute approximate surface area is 378 Å². The number of unbranched alkanes of at least 4 members (excludes halogenated alkanes) is 1. The third-order valence-electron chi connectivity index (χ3n) is 9.86. The zero-order valence-corrected chi connectivity index (χ0v) is 37.6. The van der Waals surface area contributed by atoms with Gasteiger partial charge in [0.1, 0.15) is 66.9 Å². The number of phosphoric ester groups is 2. The van der Waals surface area contributed by atoms with Crippen molar-refractivity contribution < 1.29 is 106 Å². The van der Waals surface area contributed by atoms with Crippen LogP contribution in [0.25, 0.3) is 0 Å². The highest BCUT2D eigenvalue weighted by Crippen LogP contribution is 2.61. The van der Waals surface area contributed by atoms with Crippen LogP contribution >= 0.6 is 15.6 Å². The van der Waals surface area contributed by atoms with Gasteiger partial charge in [-0.2, -0.15) is 4.31 Å². The molecule has 31 nitrogen and oxygen atoms in total. The molecule has 3 rings (SSSR count). The summed E-state index contributed by atoms with van der Waals surface area (Å²) >= 11 is 0. The van der Waals surface area contributed by atoms with E-state index in [1.807, 2.05) is 4.98 Å². The van der Waals surface area contributed by atoms with Crippen LogP contribution in [0.2, 0.25) is 0 Å². The number of hydrogen-bond donors (Lipinski definition) is 14. The number of carboxylic acids is 2. The monoisotopic (exact) mass is 1010 g/mol. The lowest BCUT2D eigenvalue weighted by molar-refractivity contribution is -0.261. The van der Waals surface area contributed by atoms with Crippen LogP contribution in [0.5, 0.6) is 0 Å². The Morgan fingerprint density at radius 3 is 2.12 bits per heavy atom. The van der Waals surface area contributed by atoms with Gasteiger partial charge in [0.15, 0.2) is 12.5 Å². The Kier molecular flexibility index (Phi) is 21.3. The largest absolute Gasteiger partial charge is 0.483 e. The number of nitrogens with one attached hydrogen (secondary N) is 5. The number of nitrogens with two attached hydrogens (primary N) is 1. The summed E-state index contributed by atoms with van der Waals surface area (Å²) in [5, 5.41) is 69.5. The smallest absolute Gasteiger partial charge is 0.481 e. The molecular formula is C34H55N7O24P2. The molecule has 2 saturated heterocycles. The first kappa shape index (κ1) is 56.8. The first-order valence-corrected chi connectivity index (χ1v) is 23.2. The van der Waals surface area contributed by atoms with Crippen molar-refractivity contribution in [3.05, 3.63) is 33.1 Å². The van der Waals surface area contributed by atoms with Crippen LogP contribution in [0.4, 0.5) is 0 Å². The van der Waals surface area contributed by atoms with Crippen LogP contribution in [-0.4, -0.2) is 178 Å². The molecule has 380 valence electrons. The zero-order chi connectivity index (χ0) is 50.6. The van der Waals surface area contributed by atoms with E-state index in [0.717, 1.165) is 33.0 Å². The summed E-state index contributed by atoms with van der Waals surface area (Å²) < 4.78 is 56.9. The number of aromatic nitrogens is 2. The number of aromatic amines is 1. The van der Waals surface area contributed by atoms with E-state index in [2.05, 4.69) is 30.1 Å². The Morgan fingerprint density at radius 2 is 1.54 bits per heavy atom. The van der Waals surface area contributed by atoms with E-state index >= 15 is 0 Å². The summed E-state index contributed by atoms with van der Waals surface area (Å²) in [5.41, 5.74) is 3.57. The molecule has 0 spiro atoms. The number of aliphatic hydroxyl groups is 4. The topological polar surface area (TPSA) is 483 Å². The minimum absolute atomic E-state index is 0.0302. The van der Waals surface area contributed by atoms with Gasteiger partial charge in [0.05, 0.1) is 13.2 Å². The Bertz CT molecular complexity index is 2130. The number of amides is 4. The third-order valence-corrected chi connectivity index (χ3v) is 12.5. The number of H-pyrrole nitrogens is 1. The van der Waals surface area contributed by atoms with Crippen molar-refractivity contribution in [3.63, 3.8) is 0 Å². The molecule has 2 unspecified atom stereocenters. The third kappa shape index (κ3) is 16.9. The number of ether oxygens (including phenoxy) is 3. The molecule has 2 aliphatic heterocycles. The summed E-state index contributed by atoms with van der Waals surface area (Å²) in [5.74, 6) is -6.91. The first-order valence-electron chi connectivity index (χ1n) is 20.2. The van der Waals surface area contributed by atoms with Gasteiger partial charge in [0.25, 0.3) is 5.56 Å². The van der Waals surface area contributed by atoms with E-state index in [0.29, 0.717) is 17.4 Å². The molecule has 15 atom stereocenters. The Balaban J connectivity index is 1.71. The number of carbonyl (C=O) groups is 6. The van der Waals surface area contributed by atoms with Crippen LogP contribution < -0.4 is 38.2 Å². The first-order chi connectivity index (χ1) is 31.2. The molecule has 0 radical (unpaired) electrons. The molecule has 2 fully saturated rings. The maximum Gasteiger partial charge on any atom is 0.483 e. The highest BCUT2D eigenvalue weighted by Gasteiger charge is 2.52. The number of aliphatic hydroxyl groups excluding tert-OH is 4. The van der Waals surface area contributed by atoms with Crippen LogP contribution in [0.3, 0.4) is 0 Å². The summed E-state index contributed by atoms with van der Waals surface area (Å²) in [6.45, 7) is 1.15. The van der Waals surface area contributed by atoms with E-state index in [1.165, 1.54) is 0 Å². The van der Waals surface area contributed by atoms with Crippen molar-refractivity contribution >= 4 is 51.2 Å². The second-order valence-corrected chi connectivity index (χ2v) is 18.1. The van der Waals surface area contributed by atoms with Crippen molar-refractivity contribution in [1.82, 2.24) is 30.8 Å². The lowest BCUT2D eigenvalue weighted by Crippen LogP contribution is -2.66. The SMILES string of the molecule is CC(=O)N[C@H]1[C@@H](OP(=O)(O)OP(=O)(O)OC[C@H]2O[C@@H](n3ccc(=O)[nH]c3=O)[C@H](O)[C@@H]2O)O[C@H](CO)[C@@H](O)[C@@H]1O[C@H](C)C(=O)N[C@@H](C)C(=O)N[C@H](CCC(=O)O)C(=O)N[C@@H](CCCCN)C(=O)O. The number of phosphoric acid groups is 2. The molecule has 33 heteroatoms. The summed E-state index contributed by atoms with van der Waals surface area (Å²) in [4.78, 5) is 121. The minimum Gasteiger partial charge on any atom is -0.481 e. The number of hydrogen-bond acceptors (Lipinski definition) is 21. The van der Waals surface area contributed by atoms with Crippen LogP contribution in [0.1, 0.15) is 59.1 Å². The quantitative estimate of drug-likeness (QED) is 0.0304. The van der Waals surface area contributed by atoms with Crippen molar-refractivity contribution in [2.75, 3.05) is 19.8 Å². The van der Waals surface area contributed by atoms with E-state index in [4.69, 9.17) is 24.5 Å². The van der Waals surface area contributed by atoms with Crippen LogP contribution in [-0.2, 0) is 65.5 Å². The van der Waals surface area contributed by atoms with Gasteiger partial charge in [-0.1, -0.05) is 0 Å². The molecule has 15 N–H and O–H groups in total. The Hall–Kier alpha value is -4.56. The van der Waals surface area contributed by atoms with Gasteiger partial charge in [-0.15, -0.1) is 0 Å². The van der Waals surface area contributed by atoms with Crippen LogP contribution in [0, 0.1) is 0 Å². The average molecular weight is 1010 g/mol. The molecule has 4 amide bonds. The van der Waals surface area contributed by atoms with Crippen molar-refractivity contribution in [2.45, 2.75) is 132 Å².